The lowest BCUT2D eigenvalue weighted by Crippen LogP contribution is -2.54. The maximum absolute atomic E-state index is 12.7. The number of imide groups is 1. The van der Waals surface area contributed by atoms with Gasteiger partial charge in [-0.15, -0.1) is 18.7 Å². The summed E-state index contributed by atoms with van der Waals surface area (Å²) in [6.45, 7) is 3.24. The molecule has 4 amide bonds. The number of carbonyl (C=O) groups excluding carboxylic acids is 3. The van der Waals surface area contributed by atoms with Gasteiger partial charge in [-0.25, -0.2) is 14.5 Å². The van der Waals surface area contributed by atoms with Crippen LogP contribution in [0.15, 0.2) is 42.5 Å². The number of nitrogens with one attached hydrogen (secondary N) is 4. The Morgan fingerprint density at radius 3 is 2.33 bits per heavy atom. The van der Waals surface area contributed by atoms with E-state index >= 15 is 0 Å². The van der Waals surface area contributed by atoms with Crippen LogP contribution in [-0.2, 0) is 16.1 Å². The summed E-state index contributed by atoms with van der Waals surface area (Å²) < 4.78 is 45.5. The minimum absolute atomic E-state index is 0.131. The van der Waals surface area contributed by atoms with E-state index in [0.29, 0.717) is 0 Å². The van der Waals surface area contributed by atoms with Crippen LogP contribution in [0.2, 0.25) is 5.02 Å². The van der Waals surface area contributed by atoms with Crippen LogP contribution < -0.4 is 26.4 Å². The van der Waals surface area contributed by atoms with Crippen molar-refractivity contribution in [3.05, 3.63) is 58.6 Å². The maximum atomic E-state index is 12.7. The number of benzene rings is 2. The number of esters is 1. The molecule has 0 radical (unpaired) electrons. The van der Waals surface area contributed by atoms with E-state index in [9.17, 15) is 27.6 Å². The van der Waals surface area contributed by atoms with Crippen molar-refractivity contribution in [2.75, 3.05) is 19.1 Å². The van der Waals surface area contributed by atoms with E-state index in [-0.39, 0.29) is 23.8 Å². The molecule has 2 aromatic carbocycles. The molecule has 0 fully saturated rings. The molecule has 0 spiro atoms. The number of ether oxygens (including phenoxy) is 2. The lowest BCUT2D eigenvalue weighted by molar-refractivity contribution is -0.274. The third-order valence-electron chi connectivity index (χ3n) is 4.65. The van der Waals surface area contributed by atoms with Gasteiger partial charge in [0, 0.05) is 13.1 Å². The first kappa shape index (κ1) is 28.5. The molecule has 36 heavy (non-hydrogen) atoms. The van der Waals surface area contributed by atoms with Crippen molar-refractivity contribution in [3.63, 3.8) is 0 Å². The number of rotatable bonds is 9. The van der Waals surface area contributed by atoms with E-state index in [1.807, 2.05) is 31.2 Å². The molecule has 0 saturated carbocycles. The van der Waals surface area contributed by atoms with E-state index in [4.69, 9.17) is 11.6 Å². The molecular formula is C22H25ClF3N5O5. The monoisotopic (exact) mass is 531 g/mol. The van der Waals surface area contributed by atoms with Gasteiger partial charge in [-0.1, -0.05) is 48.4 Å². The Labute approximate surface area is 210 Å². The molecular weight excluding hydrogens is 507 g/mol. The quantitative estimate of drug-likeness (QED) is 0.284. The minimum atomic E-state index is -4.91. The number of anilines is 1. The van der Waals surface area contributed by atoms with Crippen molar-refractivity contribution in [1.29, 1.82) is 0 Å². The van der Waals surface area contributed by atoms with E-state index in [0.717, 1.165) is 28.2 Å². The van der Waals surface area contributed by atoms with E-state index in [1.165, 1.54) is 20.1 Å². The first-order valence-corrected chi connectivity index (χ1v) is 10.8. The van der Waals surface area contributed by atoms with Gasteiger partial charge in [0.25, 0.3) is 0 Å². The van der Waals surface area contributed by atoms with Crippen molar-refractivity contribution in [3.8, 4) is 5.75 Å². The standard InChI is InChI=1S/C22H25ClF3N5O5/c1-13-4-6-15(7-5-13)11-27-20(33)31(12-14(2)19(32)35-3)21(34)29-30-28-16-8-9-18(17(23)10-16)36-22(24,25)26/h4-10,14,28,30H,11-12H2,1-3H3,(H,27,33)(H,29,34)/t14-/m0/s1. The normalized spacial score (nSPS) is 11.8. The van der Waals surface area contributed by atoms with E-state index < -0.39 is 36.1 Å². The zero-order chi connectivity index (χ0) is 26.9. The molecule has 1 atom stereocenters. The molecule has 196 valence electrons. The molecule has 0 aliphatic heterocycles. The molecule has 0 bridgehead atoms. The Balaban J connectivity index is 2.00. The number of alkyl halides is 3. The van der Waals surface area contributed by atoms with Crippen molar-refractivity contribution in [2.45, 2.75) is 26.8 Å². The van der Waals surface area contributed by atoms with Gasteiger partial charge < -0.3 is 20.2 Å². The fourth-order valence-corrected chi connectivity index (χ4v) is 3.02. The Kier molecular flexibility index (Phi) is 10.2. The smallest absolute Gasteiger partial charge is 0.469 e. The number of urea groups is 2. The fourth-order valence-electron chi connectivity index (χ4n) is 2.80. The number of nitrogens with zero attached hydrogens (tertiary/aromatic N) is 1. The van der Waals surface area contributed by atoms with Crippen molar-refractivity contribution >= 4 is 35.3 Å². The topological polar surface area (TPSA) is 121 Å². The molecule has 0 saturated heterocycles. The molecule has 10 nitrogen and oxygen atoms in total. The summed E-state index contributed by atoms with van der Waals surface area (Å²) in [5.74, 6) is -2.05. The van der Waals surface area contributed by atoms with Crippen LogP contribution in [-0.4, -0.2) is 42.9 Å². The second kappa shape index (κ2) is 12.8. The number of carbonyl (C=O) groups is 3. The third-order valence-corrected chi connectivity index (χ3v) is 4.94. The van der Waals surface area contributed by atoms with Crippen LogP contribution in [0, 0.1) is 12.8 Å². The minimum Gasteiger partial charge on any atom is -0.469 e. The Morgan fingerprint density at radius 2 is 1.75 bits per heavy atom. The molecule has 14 heteroatoms. The molecule has 2 aromatic rings. The molecule has 2 rings (SSSR count). The van der Waals surface area contributed by atoms with Gasteiger partial charge in [0.15, 0.2) is 0 Å². The molecule has 0 aromatic heterocycles. The highest BCUT2D eigenvalue weighted by molar-refractivity contribution is 6.32. The maximum Gasteiger partial charge on any atom is 0.573 e. The van der Waals surface area contributed by atoms with Gasteiger partial charge in [-0.05, 0) is 30.7 Å². The highest BCUT2D eigenvalue weighted by Gasteiger charge is 2.32. The predicted octanol–water partition coefficient (Wildman–Crippen LogP) is 4.11. The van der Waals surface area contributed by atoms with Crippen LogP contribution in [0.3, 0.4) is 0 Å². The lowest BCUT2D eigenvalue weighted by Gasteiger charge is -2.24. The van der Waals surface area contributed by atoms with Crippen molar-refractivity contribution in [2.24, 2.45) is 5.92 Å². The number of hydrogen-bond acceptors (Lipinski definition) is 7. The zero-order valence-electron chi connectivity index (χ0n) is 19.5. The van der Waals surface area contributed by atoms with Gasteiger partial charge in [0.1, 0.15) is 5.75 Å². The summed E-state index contributed by atoms with van der Waals surface area (Å²) in [6, 6.07) is 8.97. The van der Waals surface area contributed by atoms with Crippen molar-refractivity contribution in [1.82, 2.24) is 21.2 Å². The number of aryl methyl sites for hydroxylation is 1. The van der Waals surface area contributed by atoms with Crippen LogP contribution in [0.4, 0.5) is 28.4 Å². The van der Waals surface area contributed by atoms with Gasteiger partial charge in [0.05, 0.1) is 23.7 Å². The third kappa shape index (κ3) is 9.15. The Hall–Kier alpha value is -3.71. The molecule has 0 heterocycles. The molecule has 0 unspecified atom stereocenters. The van der Waals surface area contributed by atoms with E-state index in [1.54, 1.807) is 0 Å². The summed E-state index contributed by atoms with van der Waals surface area (Å²) in [5.41, 5.74) is 9.04. The average molecular weight is 532 g/mol. The van der Waals surface area contributed by atoms with Crippen LogP contribution in [0.25, 0.3) is 0 Å². The van der Waals surface area contributed by atoms with Gasteiger partial charge in [0.2, 0.25) is 0 Å². The Bertz CT molecular complexity index is 1070. The summed E-state index contributed by atoms with van der Waals surface area (Å²) in [5, 5.41) is 2.27. The van der Waals surface area contributed by atoms with Crippen LogP contribution in [0.1, 0.15) is 18.1 Å². The van der Waals surface area contributed by atoms with Gasteiger partial charge >= 0.3 is 24.4 Å². The highest BCUT2D eigenvalue weighted by atomic mass is 35.5. The van der Waals surface area contributed by atoms with Gasteiger partial charge in [-0.3, -0.25) is 10.2 Å². The number of methoxy groups -OCH3 is 1. The number of hydrazine groups is 2. The molecule has 0 aliphatic rings. The fraction of sp³-hybridized carbons (Fsp3) is 0.318. The summed E-state index contributed by atoms with van der Waals surface area (Å²) in [7, 11) is 1.18. The summed E-state index contributed by atoms with van der Waals surface area (Å²) in [6.07, 6.45) is -4.91. The highest BCUT2D eigenvalue weighted by Crippen LogP contribution is 2.31. The number of amides is 4. The van der Waals surface area contributed by atoms with Crippen LogP contribution >= 0.6 is 11.6 Å². The Morgan fingerprint density at radius 1 is 1.08 bits per heavy atom. The SMILES string of the molecule is COC(=O)[C@@H](C)CN(C(=O)NCc1ccc(C)cc1)C(=O)NNNc1ccc(OC(F)(F)F)c(Cl)c1. The van der Waals surface area contributed by atoms with Crippen molar-refractivity contribution < 1.29 is 37.0 Å². The summed E-state index contributed by atoms with van der Waals surface area (Å²) >= 11 is 5.78. The van der Waals surface area contributed by atoms with Gasteiger partial charge in [-0.2, -0.15) is 0 Å². The average Bonchev–Trinajstić information content (AvgIpc) is 2.82. The predicted molar refractivity (Wildman–Crippen MR) is 125 cm³/mol. The summed E-state index contributed by atoms with van der Waals surface area (Å²) in [4.78, 5) is 38.0. The zero-order valence-corrected chi connectivity index (χ0v) is 20.3. The largest absolute Gasteiger partial charge is 0.573 e. The van der Waals surface area contributed by atoms with E-state index in [2.05, 4.69) is 31.2 Å². The lowest BCUT2D eigenvalue weighted by atomic mass is 10.1. The molecule has 0 aliphatic carbocycles. The first-order valence-electron chi connectivity index (χ1n) is 10.4. The number of hydrogen-bond donors (Lipinski definition) is 4. The van der Waals surface area contributed by atoms with Crippen LogP contribution in [0.5, 0.6) is 5.75 Å². The molecule has 4 N–H and O–H groups in total. The number of halogens is 4. The first-order chi connectivity index (χ1) is 16.9. The second-order valence-corrected chi connectivity index (χ2v) is 7.96. The second-order valence-electron chi connectivity index (χ2n) is 7.55.